The molecule has 3 unspecified atom stereocenters. The Hall–Kier alpha value is -1.39. The number of nitrogens with one attached hydrogen (secondary N) is 1. The average Bonchev–Trinajstić information content (AvgIpc) is 2.77. The van der Waals surface area contributed by atoms with Gasteiger partial charge in [-0.3, -0.25) is 10.1 Å². The number of hydrogen-bond acceptors (Lipinski definition) is 3. The van der Waals surface area contributed by atoms with Gasteiger partial charge in [0.1, 0.15) is 6.04 Å². The third kappa shape index (κ3) is 3.19. The molecule has 0 aliphatic carbocycles. The lowest BCUT2D eigenvalue weighted by atomic mass is 10.1. The number of ether oxygens (including phenoxy) is 1. The highest BCUT2D eigenvalue weighted by Crippen LogP contribution is 2.26. The molecule has 1 aromatic rings. The molecule has 4 heteroatoms. The van der Waals surface area contributed by atoms with Crippen molar-refractivity contribution in [2.24, 2.45) is 0 Å². The quantitative estimate of drug-likeness (QED) is 0.867. The topological polar surface area (TPSA) is 41.6 Å². The molecule has 20 heavy (non-hydrogen) atoms. The van der Waals surface area contributed by atoms with Crippen LogP contribution in [-0.2, 0) is 9.53 Å². The number of amides is 1. The molecule has 1 saturated heterocycles. The van der Waals surface area contributed by atoms with Crippen LogP contribution in [-0.4, -0.2) is 36.7 Å². The molecule has 4 nitrogen and oxygen atoms in total. The van der Waals surface area contributed by atoms with Crippen LogP contribution in [0.3, 0.4) is 0 Å². The first-order valence-electron chi connectivity index (χ1n) is 7.31. The Kier molecular flexibility index (Phi) is 5.15. The summed E-state index contributed by atoms with van der Waals surface area (Å²) in [4.78, 5) is 14.6. The van der Waals surface area contributed by atoms with E-state index in [0.717, 1.165) is 18.4 Å². The van der Waals surface area contributed by atoms with E-state index in [1.165, 1.54) is 0 Å². The molecule has 1 amide bonds. The first-order chi connectivity index (χ1) is 9.67. The second kappa shape index (κ2) is 6.86. The van der Waals surface area contributed by atoms with Crippen molar-refractivity contribution >= 4 is 5.91 Å². The Morgan fingerprint density at radius 2 is 2.05 bits per heavy atom. The van der Waals surface area contributed by atoms with E-state index in [0.29, 0.717) is 6.54 Å². The number of rotatable bonds is 6. The summed E-state index contributed by atoms with van der Waals surface area (Å²) in [7, 11) is 1.68. The molecule has 0 aromatic heterocycles. The van der Waals surface area contributed by atoms with Crippen LogP contribution in [0.2, 0.25) is 0 Å². The van der Waals surface area contributed by atoms with Crippen molar-refractivity contribution < 1.29 is 9.53 Å². The maximum absolute atomic E-state index is 12.7. The Morgan fingerprint density at radius 3 is 2.65 bits per heavy atom. The summed E-state index contributed by atoms with van der Waals surface area (Å²) >= 11 is 0. The second-order valence-electron chi connectivity index (χ2n) is 5.35. The fourth-order valence-corrected chi connectivity index (χ4v) is 2.64. The van der Waals surface area contributed by atoms with Crippen molar-refractivity contribution in [2.45, 2.75) is 45.0 Å². The van der Waals surface area contributed by atoms with E-state index in [1.54, 1.807) is 7.11 Å². The average molecular weight is 276 g/mol. The van der Waals surface area contributed by atoms with Crippen molar-refractivity contribution in [1.29, 1.82) is 0 Å². The first-order valence-corrected chi connectivity index (χ1v) is 7.31. The van der Waals surface area contributed by atoms with Gasteiger partial charge >= 0.3 is 0 Å². The maximum atomic E-state index is 12.7. The molecule has 2 rings (SSSR count). The minimum absolute atomic E-state index is 0.0506. The highest BCUT2D eigenvalue weighted by molar-refractivity contribution is 5.85. The number of nitrogens with zero attached hydrogens (tertiary/aromatic N) is 1. The van der Waals surface area contributed by atoms with Gasteiger partial charge in [-0.25, -0.2) is 0 Å². The standard InChI is InChI=1S/C16H24N2O2/c1-4-8-14-17-15(13-9-6-5-7-10-13)16(19)18(14)11-12(2)20-3/h5-7,9-10,12,14-15,17H,4,8,11H2,1-3H3. The normalized spacial score (nSPS) is 24.1. The predicted octanol–water partition coefficient (Wildman–Crippen LogP) is 2.32. The Morgan fingerprint density at radius 1 is 1.35 bits per heavy atom. The van der Waals surface area contributed by atoms with Gasteiger partial charge in [0.2, 0.25) is 5.91 Å². The predicted molar refractivity (Wildman–Crippen MR) is 79.2 cm³/mol. The summed E-state index contributed by atoms with van der Waals surface area (Å²) in [6.07, 6.45) is 2.17. The molecular weight excluding hydrogens is 252 g/mol. The molecule has 1 N–H and O–H groups in total. The molecule has 0 saturated carbocycles. The summed E-state index contributed by atoms with van der Waals surface area (Å²) in [5.41, 5.74) is 1.03. The Bertz CT molecular complexity index is 435. The third-order valence-electron chi connectivity index (χ3n) is 3.82. The molecule has 0 spiro atoms. The SMILES string of the molecule is CCCC1NC(c2ccccc2)C(=O)N1CC(C)OC. The number of carbonyl (C=O) groups excluding carboxylic acids is 1. The number of hydrogen-bond donors (Lipinski definition) is 1. The van der Waals surface area contributed by atoms with E-state index in [2.05, 4.69) is 12.2 Å². The molecule has 0 radical (unpaired) electrons. The molecule has 1 aliphatic heterocycles. The minimum Gasteiger partial charge on any atom is -0.380 e. The molecule has 3 atom stereocenters. The van der Waals surface area contributed by atoms with Gasteiger partial charge in [-0.2, -0.15) is 0 Å². The zero-order valence-corrected chi connectivity index (χ0v) is 12.5. The van der Waals surface area contributed by atoms with Crippen molar-refractivity contribution in [3.63, 3.8) is 0 Å². The van der Waals surface area contributed by atoms with Gasteiger partial charge in [-0.1, -0.05) is 43.7 Å². The van der Waals surface area contributed by atoms with Crippen LogP contribution >= 0.6 is 0 Å². The molecule has 1 aliphatic rings. The summed E-state index contributed by atoms with van der Waals surface area (Å²) in [6, 6.07) is 9.69. The van der Waals surface area contributed by atoms with Crippen molar-refractivity contribution in [3.05, 3.63) is 35.9 Å². The van der Waals surface area contributed by atoms with E-state index in [9.17, 15) is 4.79 Å². The highest BCUT2D eigenvalue weighted by Gasteiger charge is 2.39. The van der Waals surface area contributed by atoms with Gasteiger partial charge < -0.3 is 9.64 Å². The van der Waals surface area contributed by atoms with Crippen LogP contribution < -0.4 is 5.32 Å². The van der Waals surface area contributed by atoms with E-state index in [4.69, 9.17) is 4.74 Å². The van der Waals surface area contributed by atoms with Crippen molar-refractivity contribution in [3.8, 4) is 0 Å². The summed E-state index contributed by atoms with van der Waals surface area (Å²) in [6.45, 7) is 4.77. The smallest absolute Gasteiger partial charge is 0.245 e. The van der Waals surface area contributed by atoms with Gasteiger partial charge in [0, 0.05) is 13.7 Å². The molecular formula is C16H24N2O2. The van der Waals surface area contributed by atoms with Crippen LogP contribution in [0.5, 0.6) is 0 Å². The zero-order valence-electron chi connectivity index (χ0n) is 12.5. The lowest BCUT2D eigenvalue weighted by Crippen LogP contribution is -2.41. The largest absolute Gasteiger partial charge is 0.380 e. The Labute approximate surface area is 121 Å². The van der Waals surface area contributed by atoms with Crippen molar-refractivity contribution in [1.82, 2.24) is 10.2 Å². The van der Waals surface area contributed by atoms with Crippen LogP contribution in [0, 0.1) is 0 Å². The summed E-state index contributed by atoms with van der Waals surface area (Å²) in [5.74, 6) is 0.151. The van der Waals surface area contributed by atoms with Gasteiger partial charge in [0.15, 0.2) is 0 Å². The van der Waals surface area contributed by atoms with Gasteiger partial charge in [0.05, 0.1) is 12.3 Å². The van der Waals surface area contributed by atoms with E-state index in [-0.39, 0.29) is 24.2 Å². The molecule has 0 bridgehead atoms. The van der Waals surface area contributed by atoms with Gasteiger partial charge in [-0.05, 0) is 18.9 Å². The monoisotopic (exact) mass is 276 g/mol. The minimum atomic E-state index is -0.225. The summed E-state index contributed by atoms with van der Waals surface area (Å²) < 4.78 is 5.31. The molecule has 110 valence electrons. The van der Waals surface area contributed by atoms with Gasteiger partial charge in [0.25, 0.3) is 0 Å². The summed E-state index contributed by atoms with van der Waals surface area (Å²) in [5, 5.41) is 3.46. The maximum Gasteiger partial charge on any atom is 0.245 e. The first kappa shape index (κ1) is 15.0. The zero-order chi connectivity index (χ0) is 14.5. The van der Waals surface area contributed by atoms with Gasteiger partial charge in [-0.15, -0.1) is 0 Å². The number of carbonyl (C=O) groups is 1. The lowest BCUT2D eigenvalue weighted by molar-refractivity contribution is -0.131. The number of benzene rings is 1. The molecule has 1 aromatic carbocycles. The molecule has 1 heterocycles. The van der Waals surface area contributed by atoms with Crippen LogP contribution in [0.4, 0.5) is 0 Å². The third-order valence-corrected chi connectivity index (χ3v) is 3.82. The fourth-order valence-electron chi connectivity index (χ4n) is 2.64. The van der Waals surface area contributed by atoms with Crippen LogP contribution in [0.15, 0.2) is 30.3 Å². The number of methoxy groups -OCH3 is 1. The van der Waals surface area contributed by atoms with Crippen LogP contribution in [0.25, 0.3) is 0 Å². The van der Waals surface area contributed by atoms with E-state index in [1.807, 2.05) is 42.2 Å². The highest BCUT2D eigenvalue weighted by atomic mass is 16.5. The lowest BCUT2D eigenvalue weighted by Gasteiger charge is -2.26. The van der Waals surface area contributed by atoms with E-state index >= 15 is 0 Å². The second-order valence-corrected chi connectivity index (χ2v) is 5.35. The van der Waals surface area contributed by atoms with E-state index < -0.39 is 0 Å². The Balaban J connectivity index is 2.16. The van der Waals surface area contributed by atoms with Crippen molar-refractivity contribution in [2.75, 3.05) is 13.7 Å². The van der Waals surface area contributed by atoms with Crippen LogP contribution in [0.1, 0.15) is 38.3 Å². The fraction of sp³-hybridized carbons (Fsp3) is 0.562. The molecule has 1 fully saturated rings.